The minimum absolute atomic E-state index is 0.0331. The first-order valence-electron chi connectivity index (χ1n) is 7.95. The number of nitrogens with one attached hydrogen (secondary N) is 2. The van der Waals surface area contributed by atoms with E-state index in [0.717, 1.165) is 11.1 Å². The van der Waals surface area contributed by atoms with Crippen LogP contribution in [0.15, 0.2) is 53.4 Å². The summed E-state index contributed by atoms with van der Waals surface area (Å²) >= 11 is 0. The lowest BCUT2D eigenvalue weighted by molar-refractivity contribution is -0.120. The number of hydrogen-bond donors (Lipinski definition) is 3. The van der Waals surface area contributed by atoms with Gasteiger partial charge in [0, 0.05) is 6.54 Å². The highest BCUT2D eigenvalue weighted by molar-refractivity contribution is 7.89. The Hall–Kier alpha value is -2.22. The maximum absolute atomic E-state index is 12.6. The molecule has 0 saturated heterocycles. The van der Waals surface area contributed by atoms with Crippen molar-refractivity contribution in [3.05, 3.63) is 65.2 Å². The number of carbonyl (C=O) groups excluding carboxylic acids is 1. The highest BCUT2D eigenvalue weighted by Gasteiger charge is 2.20. The van der Waals surface area contributed by atoms with Crippen molar-refractivity contribution in [1.82, 2.24) is 10.0 Å². The van der Waals surface area contributed by atoms with E-state index in [9.17, 15) is 13.2 Å². The number of sulfonamides is 1. The molecule has 0 saturated carbocycles. The number of amides is 1. The van der Waals surface area contributed by atoms with E-state index in [0.29, 0.717) is 5.56 Å². The van der Waals surface area contributed by atoms with Crippen molar-refractivity contribution >= 4 is 15.9 Å². The Kier molecular flexibility index (Phi) is 6.30. The summed E-state index contributed by atoms with van der Waals surface area (Å²) in [4.78, 5) is 11.9. The van der Waals surface area contributed by atoms with E-state index in [-0.39, 0.29) is 23.9 Å². The number of rotatable bonds is 7. The van der Waals surface area contributed by atoms with Gasteiger partial charge in [-0.05, 0) is 31.0 Å². The third-order valence-electron chi connectivity index (χ3n) is 3.82. The maximum atomic E-state index is 12.6. The van der Waals surface area contributed by atoms with E-state index in [4.69, 9.17) is 5.73 Å². The molecule has 0 aliphatic heterocycles. The zero-order chi connectivity index (χ0) is 18.4. The lowest BCUT2D eigenvalue weighted by atomic mass is 10.1. The molecule has 1 atom stereocenters. The van der Waals surface area contributed by atoms with Gasteiger partial charge in [0.25, 0.3) is 0 Å². The van der Waals surface area contributed by atoms with Crippen LogP contribution >= 0.6 is 0 Å². The summed E-state index contributed by atoms with van der Waals surface area (Å²) in [6.45, 7) is 3.54. The Labute approximate surface area is 148 Å². The van der Waals surface area contributed by atoms with Crippen molar-refractivity contribution in [3.8, 4) is 0 Å². The molecule has 0 bridgehead atoms. The van der Waals surface area contributed by atoms with Crippen LogP contribution in [0.2, 0.25) is 0 Å². The molecule has 2 rings (SSSR count). The molecule has 2 aromatic carbocycles. The number of benzene rings is 2. The normalized spacial score (nSPS) is 12.6. The largest absolute Gasteiger partial charge is 0.347 e. The quantitative estimate of drug-likeness (QED) is 0.694. The Balaban J connectivity index is 2.20. The Morgan fingerprint density at radius 2 is 1.80 bits per heavy atom. The van der Waals surface area contributed by atoms with Crippen LogP contribution in [0.4, 0.5) is 0 Å². The van der Waals surface area contributed by atoms with Crippen molar-refractivity contribution in [2.24, 2.45) is 5.73 Å². The average Bonchev–Trinajstić information content (AvgIpc) is 2.58. The second kappa shape index (κ2) is 8.24. The third kappa shape index (κ3) is 5.12. The molecule has 0 radical (unpaired) electrons. The lowest BCUT2D eigenvalue weighted by Gasteiger charge is -2.20. The molecule has 7 heteroatoms. The van der Waals surface area contributed by atoms with Gasteiger partial charge in [-0.1, -0.05) is 48.0 Å². The van der Waals surface area contributed by atoms with Crippen LogP contribution in [0.3, 0.4) is 0 Å². The van der Waals surface area contributed by atoms with E-state index in [1.807, 2.05) is 43.3 Å². The van der Waals surface area contributed by atoms with Crippen LogP contribution in [0.1, 0.15) is 22.7 Å². The molecular weight excluding hydrogens is 338 g/mol. The van der Waals surface area contributed by atoms with E-state index in [1.54, 1.807) is 19.1 Å². The van der Waals surface area contributed by atoms with Crippen LogP contribution in [0, 0.1) is 13.8 Å². The zero-order valence-corrected chi connectivity index (χ0v) is 15.1. The molecule has 2 aromatic rings. The monoisotopic (exact) mass is 361 g/mol. The molecule has 1 unspecified atom stereocenters. The molecule has 0 spiro atoms. The summed E-state index contributed by atoms with van der Waals surface area (Å²) in [5.74, 6) is -0.348. The van der Waals surface area contributed by atoms with Gasteiger partial charge in [-0.3, -0.25) is 4.79 Å². The molecule has 0 aliphatic rings. The summed E-state index contributed by atoms with van der Waals surface area (Å²) in [5.41, 5.74) is 7.82. The smallest absolute Gasteiger partial charge is 0.240 e. The van der Waals surface area contributed by atoms with Crippen LogP contribution in [0.25, 0.3) is 0 Å². The zero-order valence-electron chi connectivity index (χ0n) is 14.3. The van der Waals surface area contributed by atoms with Crippen molar-refractivity contribution in [2.75, 3.05) is 13.1 Å². The molecule has 4 N–H and O–H groups in total. The van der Waals surface area contributed by atoms with Gasteiger partial charge in [0.2, 0.25) is 15.9 Å². The highest BCUT2D eigenvalue weighted by Crippen LogP contribution is 2.18. The molecule has 25 heavy (non-hydrogen) atoms. The second-order valence-electron chi connectivity index (χ2n) is 5.86. The molecular formula is C18H23N3O3S. The van der Waals surface area contributed by atoms with Crippen molar-refractivity contribution in [3.63, 3.8) is 0 Å². The summed E-state index contributed by atoms with van der Waals surface area (Å²) in [6.07, 6.45) is 0. The van der Waals surface area contributed by atoms with Gasteiger partial charge in [0.1, 0.15) is 0 Å². The molecule has 0 fully saturated rings. The molecule has 0 heterocycles. The topological polar surface area (TPSA) is 101 Å². The molecule has 6 nitrogen and oxygen atoms in total. The first-order chi connectivity index (χ1) is 11.8. The van der Waals surface area contributed by atoms with Crippen LogP contribution < -0.4 is 15.8 Å². The van der Waals surface area contributed by atoms with Crippen molar-refractivity contribution in [1.29, 1.82) is 0 Å². The average molecular weight is 361 g/mol. The van der Waals surface area contributed by atoms with Crippen molar-refractivity contribution < 1.29 is 13.2 Å². The molecule has 134 valence electrons. The van der Waals surface area contributed by atoms with Crippen LogP contribution in [0.5, 0.6) is 0 Å². The predicted octanol–water partition coefficient (Wildman–Crippen LogP) is 1.40. The molecule has 0 aliphatic carbocycles. The fourth-order valence-corrected chi connectivity index (χ4v) is 3.83. The third-order valence-corrected chi connectivity index (χ3v) is 5.40. The maximum Gasteiger partial charge on any atom is 0.240 e. The fourth-order valence-electron chi connectivity index (χ4n) is 2.56. The Bertz CT molecular complexity index is 836. The van der Waals surface area contributed by atoms with Crippen LogP contribution in [-0.2, 0) is 14.8 Å². The minimum Gasteiger partial charge on any atom is -0.347 e. The van der Waals surface area contributed by atoms with Gasteiger partial charge < -0.3 is 11.1 Å². The van der Waals surface area contributed by atoms with Crippen LogP contribution in [-0.4, -0.2) is 27.4 Å². The van der Waals surface area contributed by atoms with E-state index in [2.05, 4.69) is 10.0 Å². The van der Waals surface area contributed by atoms with Gasteiger partial charge in [-0.2, -0.15) is 0 Å². The SMILES string of the molecule is Cc1ccc(S(=O)(=O)NCC(NC(=O)CN)c2ccccc2)c(C)c1. The number of carbonyl (C=O) groups is 1. The first-order valence-corrected chi connectivity index (χ1v) is 9.43. The summed E-state index contributed by atoms with van der Waals surface area (Å²) in [5, 5.41) is 2.74. The number of nitrogens with two attached hydrogens (primary N) is 1. The highest BCUT2D eigenvalue weighted by atomic mass is 32.2. The number of aryl methyl sites for hydroxylation is 2. The lowest BCUT2D eigenvalue weighted by Crippen LogP contribution is -2.40. The Morgan fingerprint density at radius 1 is 1.12 bits per heavy atom. The van der Waals surface area contributed by atoms with E-state index in [1.165, 1.54) is 0 Å². The molecule has 0 aromatic heterocycles. The van der Waals surface area contributed by atoms with Gasteiger partial charge in [-0.15, -0.1) is 0 Å². The van der Waals surface area contributed by atoms with E-state index >= 15 is 0 Å². The Morgan fingerprint density at radius 3 is 2.40 bits per heavy atom. The summed E-state index contributed by atoms with van der Waals surface area (Å²) in [6, 6.07) is 13.8. The van der Waals surface area contributed by atoms with Gasteiger partial charge in [-0.25, -0.2) is 13.1 Å². The molecule has 1 amide bonds. The van der Waals surface area contributed by atoms with E-state index < -0.39 is 16.1 Å². The summed E-state index contributed by atoms with van der Waals surface area (Å²) < 4.78 is 27.8. The number of hydrogen-bond acceptors (Lipinski definition) is 4. The van der Waals surface area contributed by atoms with Gasteiger partial charge in [0.05, 0.1) is 17.5 Å². The second-order valence-corrected chi connectivity index (χ2v) is 7.59. The van der Waals surface area contributed by atoms with Crippen molar-refractivity contribution in [2.45, 2.75) is 24.8 Å². The van der Waals surface area contributed by atoms with Gasteiger partial charge in [0.15, 0.2) is 0 Å². The standard InChI is InChI=1S/C18H23N3O3S/c1-13-8-9-17(14(2)10-13)25(23,24)20-12-16(21-18(22)11-19)15-6-4-3-5-7-15/h3-10,16,20H,11-12,19H2,1-2H3,(H,21,22). The predicted molar refractivity (Wildman–Crippen MR) is 97.5 cm³/mol. The summed E-state index contributed by atoms with van der Waals surface area (Å²) in [7, 11) is -3.69. The van der Waals surface area contributed by atoms with Gasteiger partial charge >= 0.3 is 0 Å². The fraction of sp³-hybridized carbons (Fsp3) is 0.278. The first kappa shape index (κ1) is 19.1. The minimum atomic E-state index is -3.69.